The van der Waals surface area contributed by atoms with Crippen LogP contribution in [0.4, 0.5) is 0 Å². The zero-order valence-electron chi connectivity index (χ0n) is 30.6. The fourth-order valence-corrected chi connectivity index (χ4v) is 10.1. The van der Waals surface area contributed by atoms with Gasteiger partial charge in [-0.15, -0.1) is 11.3 Å². The summed E-state index contributed by atoms with van der Waals surface area (Å²) >= 11 is 1.83. The number of amidine groups is 2. The first-order chi connectivity index (χ1) is 28.3. The number of aliphatic imine (C=N–C) groups is 2. The van der Waals surface area contributed by atoms with E-state index < -0.39 is 0 Å². The van der Waals surface area contributed by atoms with Gasteiger partial charge in [-0.25, -0.2) is 9.98 Å². The molecule has 0 fully saturated rings. The molecule has 1 N–H and O–H groups in total. The lowest BCUT2D eigenvalue weighted by Gasteiger charge is -2.24. The molecule has 1 aliphatic rings. The van der Waals surface area contributed by atoms with Gasteiger partial charge in [0.2, 0.25) is 0 Å². The van der Waals surface area contributed by atoms with Crippen molar-refractivity contribution in [3.8, 4) is 16.8 Å². The first-order valence-corrected chi connectivity index (χ1v) is 20.0. The molecule has 1 aliphatic heterocycles. The summed E-state index contributed by atoms with van der Waals surface area (Å²) in [6.45, 7) is 0. The molecule has 0 radical (unpaired) electrons. The Morgan fingerprint density at radius 2 is 1.16 bits per heavy atom. The number of fused-ring (bicyclic) bond motifs is 9. The minimum Gasteiger partial charge on any atom is -0.456 e. The second-order valence-electron chi connectivity index (χ2n) is 14.5. The highest BCUT2D eigenvalue weighted by Gasteiger charge is 2.25. The van der Waals surface area contributed by atoms with Crippen molar-refractivity contribution in [1.82, 2.24) is 9.88 Å². The fourth-order valence-electron chi connectivity index (χ4n) is 8.70. The Morgan fingerprint density at radius 3 is 1.93 bits per heavy atom. The predicted octanol–water partition coefficient (Wildman–Crippen LogP) is 13.2. The molecule has 3 aromatic heterocycles. The average molecular weight is 749 g/mol. The van der Waals surface area contributed by atoms with E-state index >= 15 is 0 Å². The molecule has 1 atom stereocenters. The molecular weight excluding hydrogens is 717 g/mol. The van der Waals surface area contributed by atoms with Gasteiger partial charge in [-0.05, 0) is 47.5 Å². The quantitative estimate of drug-likeness (QED) is 0.191. The van der Waals surface area contributed by atoms with Gasteiger partial charge in [0.15, 0.2) is 5.84 Å². The number of hydrogen-bond donors (Lipinski definition) is 1. The van der Waals surface area contributed by atoms with E-state index in [9.17, 15) is 0 Å². The maximum Gasteiger partial charge on any atom is 0.159 e. The Hall–Kier alpha value is -7.28. The average Bonchev–Trinajstić information content (AvgIpc) is 3.96. The van der Waals surface area contributed by atoms with Crippen molar-refractivity contribution in [3.05, 3.63) is 199 Å². The van der Waals surface area contributed by atoms with Gasteiger partial charge in [-0.3, -0.25) is 0 Å². The van der Waals surface area contributed by atoms with Gasteiger partial charge in [-0.2, -0.15) is 0 Å². The third-order valence-electron chi connectivity index (χ3n) is 11.3. The summed E-state index contributed by atoms with van der Waals surface area (Å²) in [5.74, 6) is 1.53. The molecule has 0 amide bonds. The van der Waals surface area contributed by atoms with E-state index in [1.165, 1.54) is 47.5 Å². The van der Waals surface area contributed by atoms with Crippen molar-refractivity contribution in [2.45, 2.75) is 6.17 Å². The van der Waals surface area contributed by atoms with E-state index in [1.54, 1.807) is 0 Å². The van der Waals surface area contributed by atoms with Gasteiger partial charge >= 0.3 is 0 Å². The number of thiophene rings is 1. The second-order valence-corrected chi connectivity index (χ2v) is 15.6. The third-order valence-corrected chi connectivity index (χ3v) is 12.6. The number of rotatable bonds is 5. The van der Waals surface area contributed by atoms with Crippen LogP contribution in [0, 0.1) is 0 Å². The lowest BCUT2D eigenvalue weighted by molar-refractivity contribution is 0.669. The standard InChI is InChI=1S/C51H32N4OS/c1-3-14-31(15-4-1)49-52-50(32-16-5-2-6-17-32)54-51(53-49)40-23-12-22-38-37-21-11-20-34(47(37)57-48(38)40)33-28-29-39-45(30-33)56-44-27-13-26-43(46(39)44)55-41-24-9-7-18-35(41)36-19-8-10-25-42(36)55/h1-30,51H,(H,52,53,54). The largest absolute Gasteiger partial charge is 0.456 e. The van der Waals surface area contributed by atoms with Gasteiger partial charge in [0.05, 0.1) is 22.1 Å². The van der Waals surface area contributed by atoms with E-state index in [-0.39, 0.29) is 6.17 Å². The Labute approximate surface area is 331 Å². The molecule has 0 bridgehead atoms. The summed E-state index contributed by atoms with van der Waals surface area (Å²) in [5, 5.41) is 10.8. The van der Waals surface area contributed by atoms with Crippen LogP contribution >= 0.6 is 11.3 Å². The van der Waals surface area contributed by atoms with E-state index in [1.807, 2.05) is 47.7 Å². The summed E-state index contributed by atoms with van der Waals surface area (Å²) in [6.07, 6.45) is -0.316. The summed E-state index contributed by atoms with van der Waals surface area (Å²) in [6, 6.07) is 64.2. The van der Waals surface area contributed by atoms with Crippen LogP contribution in [0.2, 0.25) is 0 Å². The van der Waals surface area contributed by atoms with Crippen LogP contribution in [0.5, 0.6) is 0 Å². The fraction of sp³-hybridized carbons (Fsp3) is 0.0196. The highest BCUT2D eigenvalue weighted by molar-refractivity contribution is 7.26. The maximum atomic E-state index is 6.70. The highest BCUT2D eigenvalue weighted by atomic mass is 32.1. The monoisotopic (exact) mass is 748 g/mol. The van der Waals surface area contributed by atoms with Gasteiger partial charge in [0.25, 0.3) is 0 Å². The van der Waals surface area contributed by atoms with Crippen LogP contribution in [0.1, 0.15) is 22.9 Å². The summed E-state index contributed by atoms with van der Waals surface area (Å²) in [7, 11) is 0. The molecule has 1 unspecified atom stereocenters. The molecule has 0 aliphatic carbocycles. The molecule has 8 aromatic carbocycles. The van der Waals surface area contributed by atoms with E-state index in [0.29, 0.717) is 0 Å². The maximum absolute atomic E-state index is 6.70. The Morgan fingerprint density at radius 1 is 0.509 bits per heavy atom. The van der Waals surface area contributed by atoms with Crippen molar-refractivity contribution in [2.75, 3.05) is 0 Å². The molecule has 5 nitrogen and oxygen atoms in total. The summed E-state index contributed by atoms with van der Waals surface area (Å²) < 4.78 is 11.5. The van der Waals surface area contributed by atoms with E-state index in [4.69, 9.17) is 14.4 Å². The van der Waals surface area contributed by atoms with Crippen molar-refractivity contribution in [3.63, 3.8) is 0 Å². The van der Waals surface area contributed by atoms with Crippen LogP contribution < -0.4 is 5.32 Å². The van der Waals surface area contributed by atoms with Crippen LogP contribution in [-0.2, 0) is 0 Å². The minimum atomic E-state index is -0.316. The SMILES string of the molecule is c1ccc(C2=NC(c3cccc4c3sc3c(-c5ccc6c(c5)oc5cccc(-n7c8ccccc8c8ccccc87)c56)cccc34)NC(c3ccccc3)=N2)cc1. The summed E-state index contributed by atoms with van der Waals surface area (Å²) in [4.78, 5) is 10.2. The number of nitrogens with one attached hydrogen (secondary N) is 1. The smallest absolute Gasteiger partial charge is 0.159 e. The molecule has 0 saturated carbocycles. The normalized spacial score (nSPS) is 14.5. The van der Waals surface area contributed by atoms with E-state index in [0.717, 1.165) is 61.6 Å². The zero-order chi connectivity index (χ0) is 37.5. The number of furan rings is 1. The first-order valence-electron chi connectivity index (χ1n) is 19.2. The third kappa shape index (κ3) is 5.01. The lowest BCUT2D eigenvalue weighted by atomic mass is 10.00. The van der Waals surface area contributed by atoms with Crippen molar-refractivity contribution in [2.24, 2.45) is 9.98 Å². The molecule has 4 heterocycles. The molecule has 0 saturated heterocycles. The molecule has 6 heteroatoms. The Bertz CT molecular complexity index is 3390. The topological polar surface area (TPSA) is 54.8 Å². The van der Waals surface area contributed by atoms with Gasteiger partial charge < -0.3 is 14.3 Å². The van der Waals surface area contributed by atoms with Gasteiger partial charge in [0, 0.05) is 53.0 Å². The zero-order valence-corrected chi connectivity index (χ0v) is 31.4. The first kappa shape index (κ1) is 32.0. The minimum absolute atomic E-state index is 0.316. The van der Waals surface area contributed by atoms with Crippen LogP contribution in [0.3, 0.4) is 0 Å². The predicted molar refractivity (Wildman–Crippen MR) is 238 cm³/mol. The molecular formula is C51H32N4OS. The number of aromatic nitrogens is 1. The molecule has 12 rings (SSSR count). The van der Waals surface area contributed by atoms with Crippen molar-refractivity contribution >= 4 is 86.9 Å². The number of hydrogen-bond acceptors (Lipinski definition) is 5. The van der Waals surface area contributed by atoms with Crippen LogP contribution in [0.25, 0.3) is 80.7 Å². The van der Waals surface area contributed by atoms with Crippen LogP contribution in [-0.4, -0.2) is 16.2 Å². The van der Waals surface area contributed by atoms with Crippen molar-refractivity contribution < 1.29 is 4.42 Å². The Kier molecular flexibility index (Phi) is 7.09. The number of para-hydroxylation sites is 2. The second kappa shape index (κ2) is 12.6. The Balaban J connectivity index is 0.997. The lowest BCUT2D eigenvalue weighted by Crippen LogP contribution is -2.33. The number of benzene rings is 8. The molecule has 268 valence electrons. The molecule has 0 spiro atoms. The van der Waals surface area contributed by atoms with E-state index in [2.05, 4.69) is 155 Å². The molecule has 11 aromatic rings. The van der Waals surface area contributed by atoms with Gasteiger partial charge in [0.1, 0.15) is 23.2 Å². The molecule has 57 heavy (non-hydrogen) atoms. The van der Waals surface area contributed by atoms with Crippen molar-refractivity contribution in [1.29, 1.82) is 0 Å². The number of nitrogens with zero attached hydrogens (tertiary/aromatic N) is 3. The highest BCUT2D eigenvalue weighted by Crippen LogP contribution is 2.45. The van der Waals surface area contributed by atoms with Gasteiger partial charge in [-0.1, -0.05) is 146 Å². The van der Waals surface area contributed by atoms with Crippen LogP contribution in [0.15, 0.2) is 196 Å². The summed E-state index contributed by atoms with van der Waals surface area (Å²) in [5.41, 5.74) is 10.7.